The van der Waals surface area contributed by atoms with E-state index in [9.17, 15) is 9.90 Å². The minimum absolute atomic E-state index is 0. The van der Waals surface area contributed by atoms with Gasteiger partial charge < -0.3 is 14.6 Å². The van der Waals surface area contributed by atoms with Gasteiger partial charge in [0.25, 0.3) is 0 Å². The zero-order chi connectivity index (χ0) is 23.3. The van der Waals surface area contributed by atoms with Gasteiger partial charge in [-0.25, -0.2) is 4.79 Å². The van der Waals surface area contributed by atoms with E-state index < -0.39 is 17.7 Å². The normalized spacial score (nSPS) is 13.9. The molecule has 1 aliphatic rings. The van der Waals surface area contributed by atoms with Crippen molar-refractivity contribution in [3.05, 3.63) is 65.5 Å². The maximum Gasteiger partial charge on any atom is 0.337 e. The molecule has 0 saturated carbocycles. The SMILES string of the molecule is C.Cc1nc2ccccc2c(-c2ccc3c4c(ccnc24)CCO3)c1[C@H](OC(C)(C)C)C(=O)O. The first-order chi connectivity index (χ1) is 15.7. The maximum atomic E-state index is 12.5. The van der Waals surface area contributed by atoms with Crippen molar-refractivity contribution in [2.24, 2.45) is 0 Å². The lowest BCUT2D eigenvalue weighted by atomic mass is 9.88. The summed E-state index contributed by atoms with van der Waals surface area (Å²) in [5.41, 5.74) is 4.92. The van der Waals surface area contributed by atoms with E-state index in [-0.39, 0.29) is 7.43 Å². The molecule has 1 atom stereocenters. The van der Waals surface area contributed by atoms with Crippen LogP contribution in [0.5, 0.6) is 5.75 Å². The molecule has 1 aliphatic heterocycles. The van der Waals surface area contributed by atoms with Crippen molar-refractivity contribution < 1.29 is 19.4 Å². The van der Waals surface area contributed by atoms with Crippen molar-refractivity contribution in [1.82, 2.24) is 9.97 Å². The molecule has 1 N–H and O–H groups in total. The molecular formula is C28H30N2O4. The van der Waals surface area contributed by atoms with Crippen LogP contribution in [0.2, 0.25) is 0 Å². The molecule has 2 aromatic heterocycles. The second kappa shape index (κ2) is 8.69. The molecule has 0 bridgehead atoms. The molecule has 5 rings (SSSR count). The number of carbonyl (C=O) groups is 1. The number of carboxylic acids is 1. The van der Waals surface area contributed by atoms with Crippen molar-refractivity contribution in [2.75, 3.05) is 6.61 Å². The topological polar surface area (TPSA) is 81.5 Å². The van der Waals surface area contributed by atoms with Gasteiger partial charge in [0.1, 0.15) is 5.75 Å². The van der Waals surface area contributed by atoms with Gasteiger partial charge in [-0.3, -0.25) is 9.97 Å². The first-order valence-electron chi connectivity index (χ1n) is 11.1. The van der Waals surface area contributed by atoms with E-state index in [0.29, 0.717) is 17.9 Å². The summed E-state index contributed by atoms with van der Waals surface area (Å²) in [5, 5.41) is 12.1. The Bertz CT molecular complexity index is 1400. The van der Waals surface area contributed by atoms with Crippen LogP contribution in [0, 0.1) is 6.92 Å². The fourth-order valence-electron chi connectivity index (χ4n) is 4.65. The Labute approximate surface area is 199 Å². The highest BCUT2D eigenvalue weighted by molar-refractivity contribution is 6.07. The molecule has 0 radical (unpaired) electrons. The average Bonchev–Trinajstić information content (AvgIpc) is 2.77. The number of ether oxygens (including phenoxy) is 2. The van der Waals surface area contributed by atoms with E-state index in [2.05, 4.69) is 0 Å². The Balaban J connectivity index is 0.00000274. The zero-order valence-electron chi connectivity index (χ0n) is 19.2. The smallest absolute Gasteiger partial charge is 0.337 e. The number of fused-ring (bicyclic) bond motifs is 1. The number of aromatic nitrogens is 2. The van der Waals surface area contributed by atoms with Crippen LogP contribution < -0.4 is 4.74 Å². The zero-order valence-corrected chi connectivity index (χ0v) is 19.2. The molecule has 0 aliphatic carbocycles. The summed E-state index contributed by atoms with van der Waals surface area (Å²) < 4.78 is 12.0. The lowest BCUT2D eigenvalue weighted by molar-refractivity contribution is -0.160. The van der Waals surface area contributed by atoms with E-state index in [4.69, 9.17) is 19.4 Å². The average molecular weight is 459 g/mol. The van der Waals surface area contributed by atoms with Crippen molar-refractivity contribution in [2.45, 2.75) is 53.2 Å². The van der Waals surface area contributed by atoms with Crippen LogP contribution in [0.15, 0.2) is 48.7 Å². The lowest BCUT2D eigenvalue weighted by Gasteiger charge is -2.28. The first kappa shape index (κ1) is 23.6. The number of carboxylic acid groups (broad SMARTS) is 1. The van der Waals surface area contributed by atoms with E-state index in [1.807, 2.05) is 76.4 Å². The minimum atomic E-state index is -1.18. The van der Waals surface area contributed by atoms with E-state index >= 15 is 0 Å². The van der Waals surface area contributed by atoms with E-state index in [0.717, 1.165) is 45.1 Å². The molecule has 4 aromatic rings. The number of aryl methyl sites for hydroxylation is 1. The minimum Gasteiger partial charge on any atom is -0.493 e. The molecule has 176 valence electrons. The Morgan fingerprint density at radius 3 is 2.65 bits per heavy atom. The Morgan fingerprint density at radius 1 is 1.15 bits per heavy atom. The number of hydrogen-bond acceptors (Lipinski definition) is 5. The summed E-state index contributed by atoms with van der Waals surface area (Å²) >= 11 is 0. The standard InChI is InChI=1S/C27H26N2O4.CH4/c1-15-21(25(26(30)31)33-27(2,3)4)23(17-7-5-6-8-19(17)29-15)18-9-10-20-22-16(12-14-32-20)11-13-28-24(18)22;/h5-11,13,25H,12,14H2,1-4H3,(H,30,31);1H4/t25-;/m0./s1. The van der Waals surface area contributed by atoms with Crippen LogP contribution in [-0.4, -0.2) is 33.3 Å². The number of hydrogen-bond donors (Lipinski definition) is 1. The number of rotatable bonds is 4. The predicted octanol–water partition coefficient (Wildman–Crippen LogP) is 6.27. The molecule has 6 nitrogen and oxygen atoms in total. The summed E-state index contributed by atoms with van der Waals surface area (Å²) in [7, 11) is 0. The van der Waals surface area contributed by atoms with Crippen molar-refractivity contribution in [3.8, 4) is 16.9 Å². The van der Waals surface area contributed by atoms with Crippen LogP contribution >= 0.6 is 0 Å². The summed E-state index contributed by atoms with van der Waals surface area (Å²) in [6.07, 6.45) is 1.44. The maximum absolute atomic E-state index is 12.5. The number of para-hydroxylation sites is 1. The number of benzene rings is 2. The van der Waals surface area contributed by atoms with Gasteiger partial charge in [0.2, 0.25) is 0 Å². The highest BCUT2D eigenvalue weighted by atomic mass is 16.5. The van der Waals surface area contributed by atoms with Crippen molar-refractivity contribution >= 4 is 27.8 Å². The molecule has 3 heterocycles. The van der Waals surface area contributed by atoms with E-state index in [1.54, 1.807) is 0 Å². The van der Waals surface area contributed by atoms with Gasteiger partial charge in [-0.2, -0.15) is 0 Å². The van der Waals surface area contributed by atoms with Crippen molar-refractivity contribution in [1.29, 1.82) is 0 Å². The number of pyridine rings is 2. The van der Waals surface area contributed by atoms with E-state index in [1.165, 1.54) is 5.56 Å². The quantitative estimate of drug-likeness (QED) is 0.388. The fourth-order valence-corrected chi connectivity index (χ4v) is 4.65. The van der Waals surface area contributed by atoms with Gasteiger partial charge in [-0.05, 0) is 57.5 Å². The summed E-state index contributed by atoms with van der Waals surface area (Å²) in [6.45, 7) is 8.04. The van der Waals surface area contributed by atoms with Gasteiger partial charge >= 0.3 is 5.97 Å². The van der Waals surface area contributed by atoms with Gasteiger partial charge in [0.15, 0.2) is 6.10 Å². The second-order valence-corrected chi connectivity index (χ2v) is 9.35. The highest BCUT2D eigenvalue weighted by Gasteiger charge is 2.33. The van der Waals surface area contributed by atoms with Crippen LogP contribution in [0.1, 0.15) is 51.1 Å². The van der Waals surface area contributed by atoms with Gasteiger partial charge in [0.05, 0.1) is 23.2 Å². The molecule has 0 spiro atoms. The van der Waals surface area contributed by atoms with Crippen molar-refractivity contribution in [3.63, 3.8) is 0 Å². The number of nitrogens with zero attached hydrogens (tertiary/aromatic N) is 2. The molecule has 6 heteroatoms. The molecule has 2 aromatic carbocycles. The van der Waals surface area contributed by atoms with Gasteiger partial charge in [-0.1, -0.05) is 25.6 Å². The Morgan fingerprint density at radius 2 is 1.91 bits per heavy atom. The monoisotopic (exact) mass is 458 g/mol. The van der Waals surface area contributed by atoms with Gasteiger partial charge in [-0.15, -0.1) is 0 Å². The Kier molecular flexibility index (Phi) is 6.04. The third-order valence-corrected chi connectivity index (χ3v) is 5.92. The highest BCUT2D eigenvalue weighted by Crippen LogP contribution is 2.44. The largest absolute Gasteiger partial charge is 0.493 e. The van der Waals surface area contributed by atoms with Crippen LogP contribution in [0.3, 0.4) is 0 Å². The molecule has 34 heavy (non-hydrogen) atoms. The van der Waals surface area contributed by atoms with Gasteiger partial charge in [0, 0.05) is 45.8 Å². The second-order valence-electron chi connectivity index (χ2n) is 9.35. The predicted molar refractivity (Wildman–Crippen MR) is 134 cm³/mol. The fraction of sp³-hybridized carbons (Fsp3) is 0.321. The van der Waals surface area contributed by atoms with Crippen LogP contribution in [0.25, 0.3) is 32.9 Å². The number of aliphatic carboxylic acids is 1. The molecule has 0 amide bonds. The Hall–Kier alpha value is -3.51. The lowest BCUT2D eigenvalue weighted by Crippen LogP contribution is -2.28. The van der Waals surface area contributed by atoms with Crippen LogP contribution in [0.4, 0.5) is 0 Å². The third-order valence-electron chi connectivity index (χ3n) is 5.92. The third kappa shape index (κ3) is 3.99. The summed E-state index contributed by atoms with van der Waals surface area (Å²) in [4.78, 5) is 22.0. The molecular weight excluding hydrogens is 428 g/mol. The molecule has 0 fully saturated rings. The first-order valence-corrected chi connectivity index (χ1v) is 11.1. The van der Waals surface area contributed by atoms with Crippen LogP contribution in [-0.2, 0) is 16.0 Å². The summed E-state index contributed by atoms with van der Waals surface area (Å²) in [5.74, 6) is -0.245. The molecule has 0 saturated heterocycles. The molecule has 0 unspecified atom stereocenters. The summed E-state index contributed by atoms with van der Waals surface area (Å²) in [6, 6.07) is 13.7.